The fourth-order valence-corrected chi connectivity index (χ4v) is 9.08. The van der Waals surface area contributed by atoms with Crippen molar-refractivity contribution in [2.75, 3.05) is 59.4 Å². The number of aliphatic hydroxyl groups excluding tert-OH is 1. The number of nitrogens with one attached hydrogen (secondary N) is 2. The molecular formula is C40H47N5O7S. The smallest absolute Gasteiger partial charge is 0.317 e. The highest BCUT2D eigenvalue weighted by Gasteiger charge is 2.47. The monoisotopic (exact) mass is 741 g/mol. The van der Waals surface area contributed by atoms with Crippen LogP contribution in [-0.2, 0) is 14.9 Å². The molecule has 0 aliphatic carbocycles. The van der Waals surface area contributed by atoms with Crippen molar-refractivity contribution in [1.29, 1.82) is 0 Å². The molecule has 2 aromatic heterocycles. The molecule has 13 heteroatoms. The average molecular weight is 742 g/mol. The van der Waals surface area contributed by atoms with E-state index in [1.54, 1.807) is 41.1 Å². The number of ether oxygens (including phenoxy) is 1. The molecule has 0 radical (unpaired) electrons. The van der Waals surface area contributed by atoms with Crippen LogP contribution in [0.3, 0.4) is 0 Å². The predicted octanol–water partition coefficient (Wildman–Crippen LogP) is 3.89. The number of rotatable bonds is 12. The highest BCUT2D eigenvalue weighted by Crippen LogP contribution is 2.40. The number of benzene rings is 2. The van der Waals surface area contributed by atoms with Gasteiger partial charge >= 0.3 is 5.97 Å². The van der Waals surface area contributed by atoms with Gasteiger partial charge in [-0.2, -0.15) is 0 Å². The van der Waals surface area contributed by atoms with Gasteiger partial charge in [0.05, 0.1) is 26.8 Å². The van der Waals surface area contributed by atoms with Gasteiger partial charge in [-0.15, -0.1) is 11.3 Å². The van der Waals surface area contributed by atoms with Gasteiger partial charge in [0.1, 0.15) is 11.9 Å². The number of esters is 1. The number of hydrogen-bond donors (Lipinski definition) is 4. The number of hydrogen-bond acceptors (Lipinski definition) is 10. The number of aromatic nitrogens is 1. The molecule has 4 N–H and O–H groups in total. The van der Waals surface area contributed by atoms with E-state index >= 15 is 0 Å². The Bertz CT molecular complexity index is 2000. The van der Waals surface area contributed by atoms with Crippen LogP contribution in [0.5, 0.6) is 5.75 Å². The zero-order valence-electron chi connectivity index (χ0n) is 30.0. The lowest BCUT2D eigenvalue weighted by Gasteiger charge is -2.46. The van der Waals surface area contributed by atoms with E-state index in [1.807, 2.05) is 30.3 Å². The molecule has 12 nitrogen and oxygen atoms in total. The van der Waals surface area contributed by atoms with Crippen LogP contribution in [0.4, 0.5) is 0 Å². The van der Waals surface area contributed by atoms with Crippen molar-refractivity contribution >= 4 is 40.0 Å². The Balaban J connectivity index is 0.898. The van der Waals surface area contributed by atoms with Crippen LogP contribution in [0.25, 0.3) is 10.9 Å². The van der Waals surface area contributed by atoms with Gasteiger partial charge in [-0.3, -0.25) is 24.1 Å². The number of thiophene rings is 1. The van der Waals surface area contributed by atoms with E-state index in [0.717, 1.165) is 38.0 Å². The topological polar surface area (TPSA) is 156 Å². The number of H-pyrrole nitrogens is 1. The van der Waals surface area contributed by atoms with Crippen LogP contribution < -0.4 is 10.9 Å². The van der Waals surface area contributed by atoms with E-state index in [2.05, 4.69) is 15.2 Å². The molecule has 280 valence electrons. The quantitative estimate of drug-likeness (QED) is 0.125. The van der Waals surface area contributed by atoms with Gasteiger partial charge in [0.2, 0.25) is 5.56 Å². The van der Waals surface area contributed by atoms with Crippen LogP contribution in [-0.4, -0.2) is 113 Å². The Hall–Kier alpha value is -4.56. The standard InChI is InChI=1S/C40H47N5O7S/c1-43(19-5-18-41-24-31(47)28-8-10-30(46)36-29(28)9-13-35(48)42-36)37(49)33-11-12-34(53-33)38(50)45-22-16-40(17-23-45,27-6-3-2-4-7-27)39(51)52-32-25-44-20-14-26(32)15-21-44/h2-4,6-13,26,31-32,41,46-47H,5,14-25H2,1H3,(H,42,48)/t31-,32-/m0/s1. The molecule has 0 unspecified atom stereocenters. The Morgan fingerprint density at radius 1 is 1.00 bits per heavy atom. The number of fused-ring (bicyclic) bond motifs is 4. The van der Waals surface area contributed by atoms with Gasteiger partial charge in [0.25, 0.3) is 11.8 Å². The van der Waals surface area contributed by atoms with Gasteiger partial charge in [0.15, 0.2) is 0 Å². The molecule has 4 saturated heterocycles. The fraction of sp³-hybridized carbons (Fsp3) is 0.450. The summed E-state index contributed by atoms with van der Waals surface area (Å²) in [7, 11) is 1.73. The highest BCUT2D eigenvalue weighted by molar-refractivity contribution is 7.15. The van der Waals surface area contributed by atoms with Gasteiger partial charge < -0.3 is 35.1 Å². The molecule has 0 spiro atoms. The summed E-state index contributed by atoms with van der Waals surface area (Å²) in [6.45, 7) is 5.03. The van der Waals surface area contributed by atoms with Crippen LogP contribution in [0, 0.1) is 5.92 Å². The summed E-state index contributed by atoms with van der Waals surface area (Å²) >= 11 is 1.18. The molecule has 4 aliphatic rings. The number of nitrogens with zero attached hydrogens (tertiary/aromatic N) is 3. The molecule has 4 aliphatic heterocycles. The number of aliphatic hydroxyl groups is 1. The molecule has 4 aromatic rings. The lowest BCUT2D eigenvalue weighted by Crippen LogP contribution is -2.55. The van der Waals surface area contributed by atoms with E-state index in [0.29, 0.717) is 72.1 Å². The maximum absolute atomic E-state index is 14.0. The molecule has 2 amide bonds. The number of carbonyl (C=O) groups excluding carboxylic acids is 3. The lowest BCUT2D eigenvalue weighted by molar-refractivity contribution is -0.167. The van der Waals surface area contributed by atoms with Crippen molar-refractivity contribution in [3.63, 3.8) is 0 Å². The Morgan fingerprint density at radius 2 is 1.74 bits per heavy atom. The van der Waals surface area contributed by atoms with E-state index < -0.39 is 11.5 Å². The minimum absolute atomic E-state index is 0.0635. The summed E-state index contributed by atoms with van der Waals surface area (Å²) in [5, 5.41) is 24.7. The summed E-state index contributed by atoms with van der Waals surface area (Å²) < 4.78 is 6.29. The third-order valence-electron chi connectivity index (χ3n) is 11.3. The van der Waals surface area contributed by atoms with Gasteiger partial charge in [-0.1, -0.05) is 36.4 Å². The molecular weight excluding hydrogens is 695 g/mol. The number of piperidine rings is 4. The minimum atomic E-state index is -0.871. The first-order valence-electron chi connectivity index (χ1n) is 18.5. The van der Waals surface area contributed by atoms with Crippen molar-refractivity contribution in [1.82, 2.24) is 25.0 Å². The molecule has 53 heavy (non-hydrogen) atoms. The summed E-state index contributed by atoms with van der Waals surface area (Å²) in [5.41, 5.74) is 0.650. The number of phenols is 1. The van der Waals surface area contributed by atoms with Crippen molar-refractivity contribution in [3.8, 4) is 5.75 Å². The second-order valence-corrected chi connectivity index (χ2v) is 15.7. The predicted molar refractivity (Wildman–Crippen MR) is 202 cm³/mol. The number of aromatic amines is 1. The highest BCUT2D eigenvalue weighted by atomic mass is 32.1. The maximum Gasteiger partial charge on any atom is 0.317 e. The average Bonchev–Trinajstić information content (AvgIpc) is 3.69. The largest absolute Gasteiger partial charge is 0.506 e. The van der Waals surface area contributed by atoms with E-state index in [4.69, 9.17) is 4.74 Å². The molecule has 0 saturated carbocycles. The third-order valence-corrected chi connectivity index (χ3v) is 12.4. The zero-order valence-corrected chi connectivity index (χ0v) is 30.8. The number of pyridine rings is 1. The maximum atomic E-state index is 14.0. The minimum Gasteiger partial charge on any atom is -0.506 e. The summed E-state index contributed by atoms with van der Waals surface area (Å²) in [6.07, 6.45) is 2.75. The molecule has 8 rings (SSSR count). The zero-order chi connectivity index (χ0) is 37.1. The summed E-state index contributed by atoms with van der Waals surface area (Å²) in [5.74, 6) is -0.141. The van der Waals surface area contributed by atoms with Crippen molar-refractivity contribution in [2.45, 2.75) is 49.7 Å². The molecule has 4 fully saturated rings. The summed E-state index contributed by atoms with van der Waals surface area (Å²) in [6, 6.07) is 19.2. The van der Waals surface area contributed by atoms with E-state index in [-0.39, 0.29) is 47.3 Å². The Morgan fingerprint density at radius 3 is 2.45 bits per heavy atom. The SMILES string of the molecule is CN(CCCNC[C@H](O)c1ccc(O)c2[nH]c(=O)ccc12)C(=O)c1ccc(C(=O)N2CCC(C(=O)O[C@H]3CN4CCC3CC4)(c3ccccc3)CC2)s1. The summed E-state index contributed by atoms with van der Waals surface area (Å²) in [4.78, 5) is 62.0. The number of aromatic hydroxyl groups is 1. The second kappa shape index (κ2) is 15.8. The first-order chi connectivity index (χ1) is 25.6. The Labute approximate surface area is 312 Å². The van der Waals surface area contributed by atoms with Crippen molar-refractivity contribution in [3.05, 3.63) is 98.0 Å². The van der Waals surface area contributed by atoms with Crippen molar-refractivity contribution < 1.29 is 29.3 Å². The second-order valence-electron chi connectivity index (χ2n) is 14.6. The lowest BCUT2D eigenvalue weighted by atomic mass is 9.72. The molecule has 2 bridgehead atoms. The van der Waals surface area contributed by atoms with Crippen LogP contribution in [0.2, 0.25) is 0 Å². The normalized spacial score (nSPS) is 21.3. The van der Waals surface area contributed by atoms with E-state index in [1.165, 1.54) is 23.5 Å². The number of amides is 2. The molecule has 2 atom stereocenters. The number of likely N-dealkylation sites (tertiary alicyclic amines) is 1. The van der Waals surface area contributed by atoms with Gasteiger partial charge in [0, 0.05) is 51.2 Å². The van der Waals surface area contributed by atoms with Crippen LogP contribution >= 0.6 is 11.3 Å². The van der Waals surface area contributed by atoms with Gasteiger partial charge in [-0.25, -0.2) is 0 Å². The van der Waals surface area contributed by atoms with Crippen LogP contribution in [0.15, 0.2) is 71.5 Å². The Kier molecular flexibility index (Phi) is 11.0. The first-order valence-corrected chi connectivity index (χ1v) is 19.3. The number of carbonyl (C=O) groups is 3. The van der Waals surface area contributed by atoms with Gasteiger partial charge in [-0.05, 0) is 93.0 Å². The molecule has 6 heterocycles. The van der Waals surface area contributed by atoms with Crippen LogP contribution in [0.1, 0.15) is 68.7 Å². The third kappa shape index (κ3) is 7.75. The fourth-order valence-electron chi connectivity index (χ4n) is 8.11. The first kappa shape index (κ1) is 36.8. The number of phenolic OH excluding ortho intramolecular Hbond substituents is 1. The van der Waals surface area contributed by atoms with Crippen molar-refractivity contribution in [2.24, 2.45) is 5.92 Å². The van der Waals surface area contributed by atoms with E-state index in [9.17, 15) is 29.4 Å². The molecule has 2 aromatic carbocycles.